The number of hydrogen-bond donors (Lipinski definition) is 2. The van der Waals surface area contributed by atoms with Crippen LogP contribution in [-0.4, -0.2) is 0 Å². The van der Waals surface area contributed by atoms with Gasteiger partial charge in [0.1, 0.15) is 0 Å². The number of unbranched alkanes of at least 4 members (excludes halogenated alkanes) is 8. The van der Waals surface area contributed by atoms with E-state index >= 15 is 0 Å². The molecule has 0 spiro atoms. The molecule has 2 nitrogen and oxygen atoms in total. The third-order valence-electron chi connectivity index (χ3n) is 10.6. The van der Waals surface area contributed by atoms with Crippen molar-refractivity contribution in [3.8, 4) is 0 Å². The third-order valence-corrected chi connectivity index (χ3v) is 10.6. The van der Waals surface area contributed by atoms with Crippen molar-refractivity contribution in [3.63, 3.8) is 0 Å². The first kappa shape index (κ1) is 37.3. The highest BCUT2D eigenvalue weighted by atomic mass is 14.5. The Kier molecular flexibility index (Phi) is 15.1. The van der Waals surface area contributed by atoms with E-state index in [1.807, 2.05) is 0 Å². The molecule has 4 aromatic rings. The Morgan fingerprint density at radius 3 is 1.08 bits per heavy atom. The van der Waals surface area contributed by atoms with Gasteiger partial charge < -0.3 is 11.5 Å². The summed E-state index contributed by atoms with van der Waals surface area (Å²) in [5.74, 6) is 1.21. The molecule has 0 saturated heterocycles. The number of benzene rings is 4. The molecule has 2 unspecified atom stereocenters. The Morgan fingerprint density at radius 2 is 0.708 bits per heavy atom. The van der Waals surface area contributed by atoms with Crippen molar-refractivity contribution in [2.24, 2.45) is 0 Å². The highest BCUT2D eigenvalue weighted by Gasteiger charge is 2.21. The predicted molar refractivity (Wildman–Crippen MR) is 211 cm³/mol. The number of rotatable bonds is 20. The van der Waals surface area contributed by atoms with Gasteiger partial charge in [-0.2, -0.15) is 0 Å². The van der Waals surface area contributed by atoms with Gasteiger partial charge in [-0.3, -0.25) is 0 Å². The lowest BCUT2D eigenvalue weighted by atomic mass is 9.81. The molecule has 4 N–H and O–H groups in total. The van der Waals surface area contributed by atoms with E-state index in [0.29, 0.717) is 17.8 Å². The molecule has 2 atom stereocenters. The van der Waals surface area contributed by atoms with Gasteiger partial charge in [-0.1, -0.05) is 152 Å². The lowest BCUT2D eigenvalue weighted by molar-refractivity contribution is 0.579. The van der Waals surface area contributed by atoms with Crippen molar-refractivity contribution in [1.82, 2.24) is 0 Å². The van der Waals surface area contributed by atoms with Crippen LogP contribution in [0.3, 0.4) is 0 Å². The number of anilines is 2. The van der Waals surface area contributed by atoms with Crippen LogP contribution in [0.15, 0.2) is 84.9 Å². The summed E-state index contributed by atoms with van der Waals surface area (Å²) in [5.41, 5.74) is 25.2. The van der Waals surface area contributed by atoms with E-state index in [1.165, 1.54) is 134 Å². The Morgan fingerprint density at radius 1 is 0.396 bits per heavy atom. The van der Waals surface area contributed by atoms with Crippen LogP contribution >= 0.6 is 0 Å². The maximum Gasteiger partial charge on any atom is 0.0316 e. The van der Waals surface area contributed by atoms with E-state index < -0.39 is 0 Å². The van der Waals surface area contributed by atoms with E-state index in [2.05, 4.69) is 120 Å². The monoisotopic (exact) mass is 645 g/mol. The molecular formula is C46H64N2. The maximum absolute atomic E-state index is 6.15. The quantitative estimate of drug-likeness (QED) is 0.0743. The lowest BCUT2D eigenvalue weighted by Crippen LogP contribution is -2.07. The predicted octanol–water partition coefficient (Wildman–Crippen LogP) is 13.4. The fourth-order valence-corrected chi connectivity index (χ4v) is 7.78. The first-order chi connectivity index (χ1) is 23.4. The molecule has 0 heterocycles. The van der Waals surface area contributed by atoms with Gasteiger partial charge >= 0.3 is 0 Å². The van der Waals surface area contributed by atoms with Crippen molar-refractivity contribution in [1.29, 1.82) is 0 Å². The van der Waals surface area contributed by atoms with Crippen LogP contribution in [0.2, 0.25) is 0 Å². The van der Waals surface area contributed by atoms with Gasteiger partial charge in [-0.05, 0) is 102 Å². The zero-order valence-electron chi connectivity index (χ0n) is 30.9. The Hall–Kier alpha value is -3.52. The average molecular weight is 645 g/mol. The number of aryl methyl sites for hydroxylation is 2. The fourth-order valence-electron chi connectivity index (χ4n) is 7.78. The highest BCUT2D eigenvalue weighted by Crippen LogP contribution is 2.38. The first-order valence-electron chi connectivity index (χ1n) is 19.3. The first-order valence-corrected chi connectivity index (χ1v) is 19.3. The average Bonchev–Trinajstić information content (AvgIpc) is 3.08. The summed E-state index contributed by atoms with van der Waals surface area (Å²) in [5, 5.41) is 0. The Balaban J connectivity index is 1.63. The van der Waals surface area contributed by atoms with Crippen LogP contribution in [0.1, 0.15) is 173 Å². The molecule has 0 aliphatic rings. The van der Waals surface area contributed by atoms with Gasteiger partial charge in [0.2, 0.25) is 0 Å². The molecule has 258 valence electrons. The second kappa shape index (κ2) is 19.5. The molecule has 0 amide bonds. The molecule has 0 fully saturated rings. The van der Waals surface area contributed by atoms with Crippen molar-refractivity contribution < 1.29 is 0 Å². The Labute approximate surface area is 293 Å². The van der Waals surface area contributed by atoms with Crippen molar-refractivity contribution in [2.45, 2.75) is 142 Å². The van der Waals surface area contributed by atoms with Crippen molar-refractivity contribution >= 4 is 11.4 Å². The second-order valence-corrected chi connectivity index (χ2v) is 14.4. The summed E-state index contributed by atoms with van der Waals surface area (Å²) in [6.45, 7) is 11.3. The van der Waals surface area contributed by atoms with Crippen LogP contribution in [0, 0.1) is 13.8 Å². The second-order valence-electron chi connectivity index (χ2n) is 14.4. The van der Waals surface area contributed by atoms with Crippen LogP contribution in [0.4, 0.5) is 11.4 Å². The number of nitrogen functional groups attached to an aromatic ring is 2. The molecule has 0 aliphatic carbocycles. The molecule has 0 bridgehead atoms. The molecular weight excluding hydrogens is 581 g/mol. The summed E-state index contributed by atoms with van der Waals surface area (Å²) in [4.78, 5) is 0. The van der Waals surface area contributed by atoms with Gasteiger partial charge in [0, 0.05) is 29.1 Å². The van der Waals surface area contributed by atoms with Crippen LogP contribution < -0.4 is 11.5 Å². The minimum Gasteiger partial charge on any atom is -0.399 e. The normalized spacial score (nSPS) is 13.4. The summed E-state index contributed by atoms with van der Waals surface area (Å²) >= 11 is 0. The van der Waals surface area contributed by atoms with E-state index in [1.54, 1.807) is 0 Å². The molecule has 48 heavy (non-hydrogen) atoms. The van der Waals surface area contributed by atoms with Crippen molar-refractivity contribution in [2.75, 3.05) is 11.5 Å². The van der Waals surface area contributed by atoms with Gasteiger partial charge in [-0.25, -0.2) is 0 Å². The van der Waals surface area contributed by atoms with Crippen LogP contribution in [-0.2, 0) is 0 Å². The smallest absolute Gasteiger partial charge is 0.0316 e. The molecule has 0 radical (unpaired) electrons. The Bertz CT molecular complexity index is 1390. The number of hydrogen-bond acceptors (Lipinski definition) is 2. The SMILES string of the molecule is CCCCCCCC(c1ccc(C(CCCCC)c2ccc(N)cc2C)cc1)c1ccc(C(CCCCC)c2ccc(N)cc2C)cc1. The largest absolute Gasteiger partial charge is 0.399 e. The maximum atomic E-state index is 6.15. The van der Waals surface area contributed by atoms with E-state index in [0.717, 1.165) is 11.4 Å². The summed E-state index contributed by atoms with van der Waals surface area (Å²) in [6.07, 6.45) is 17.6. The van der Waals surface area contributed by atoms with Crippen molar-refractivity contribution in [3.05, 3.63) is 129 Å². The van der Waals surface area contributed by atoms with Crippen LogP contribution in [0.25, 0.3) is 0 Å². The molecule has 0 saturated carbocycles. The summed E-state index contributed by atoms with van der Waals surface area (Å²) in [7, 11) is 0. The van der Waals surface area contributed by atoms with Gasteiger partial charge in [0.15, 0.2) is 0 Å². The summed E-state index contributed by atoms with van der Waals surface area (Å²) < 4.78 is 0. The zero-order valence-corrected chi connectivity index (χ0v) is 30.9. The minimum absolute atomic E-state index is 0.402. The van der Waals surface area contributed by atoms with Gasteiger partial charge in [-0.15, -0.1) is 0 Å². The van der Waals surface area contributed by atoms with E-state index in [9.17, 15) is 0 Å². The lowest BCUT2D eigenvalue weighted by Gasteiger charge is -2.24. The van der Waals surface area contributed by atoms with Gasteiger partial charge in [0.25, 0.3) is 0 Å². The van der Waals surface area contributed by atoms with Crippen LogP contribution in [0.5, 0.6) is 0 Å². The molecule has 2 heteroatoms. The molecule has 4 rings (SSSR count). The molecule has 4 aromatic carbocycles. The minimum atomic E-state index is 0.402. The topological polar surface area (TPSA) is 52.0 Å². The van der Waals surface area contributed by atoms with E-state index in [-0.39, 0.29) is 0 Å². The summed E-state index contributed by atoms with van der Waals surface area (Å²) in [6, 6.07) is 32.4. The molecule has 0 aromatic heterocycles. The number of nitrogens with two attached hydrogens (primary N) is 2. The zero-order chi connectivity index (χ0) is 34.3. The third kappa shape index (κ3) is 10.5. The fraction of sp³-hybridized carbons (Fsp3) is 0.478. The van der Waals surface area contributed by atoms with E-state index in [4.69, 9.17) is 11.5 Å². The molecule has 0 aliphatic heterocycles. The standard InChI is InChI=1S/C46H64N2/c1-6-9-12-13-16-17-44(36-20-24-38(25-21-36)45(18-14-10-7-2)42-30-28-40(47)32-34(42)4)37-22-26-39(27-23-37)46(19-15-11-8-3)43-31-29-41(48)33-35(43)5/h20-33,44-46H,6-19,47-48H2,1-5H3. The highest BCUT2D eigenvalue weighted by molar-refractivity contribution is 5.50. The van der Waals surface area contributed by atoms with Gasteiger partial charge in [0.05, 0.1) is 0 Å².